The highest BCUT2D eigenvalue weighted by atomic mass is 19.2. The summed E-state index contributed by atoms with van der Waals surface area (Å²) in [5.41, 5.74) is 1.18. The number of hydrogen-bond donors (Lipinski definition) is 1. The summed E-state index contributed by atoms with van der Waals surface area (Å²) in [7, 11) is 0. The van der Waals surface area contributed by atoms with E-state index < -0.39 is 11.6 Å². The molecule has 0 heterocycles. The highest BCUT2D eigenvalue weighted by Gasteiger charge is 2.27. The molecule has 1 aromatic rings. The normalized spacial score (nSPS) is 18.5. The SMILES string of the molecule is CC1(CNCc2ccc(F)c(F)c2)CCCC1. The van der Waals surface area contributed by atoms with Gasteiger partial charge >= 0.3 is 0 Å². The van der Waals surface area contributed by atoms with Gasteiger partial charge in [0.2, 0.25) is 0 Å². The first kappa shape index (κ1) is 12.5. The first-order chi connectivity index (χ1) is 8.09. The van der Waals surface area contributed by atoms with E-state index in [1.807, 2.05) is 0 Å². The molecule has 0 atom stereocenters. The molecule has 94 valence electrons. The average molecular weight is 239 g/mol. The number of halogens is 2. The highest BCUT2D eigenvalue weighted by molar-refractivity contribution is 5.17. The number of benzene rings is 1. The maximum absolute atomic E-state index is 13.0. The molecule has 1 fully saturated rings. The third kappa shape index (κ3) is 3.25. The van der Waals surface area contributed by atoms with Gasteiger partial charge in [0.15, 0.2) is 11.6 Å². The van der Waals surface area contributed by atoms with Crippen LogP contribution in [0, 0.1) is 17.0 Å². The molecule has 1 aliphatic rings. The molecule has 1 nitrogen and oxygen atoms in total. The summed E-state index contributed by atoms with van der Waals surface area (Å²) in [4.78, 5) is 0. The van der Waals surface area contributed by atoms with Gasteiger partial charge in [0.05, 0.1) is 0 Å². The summed E-state index contributed by atoms with van der Waals surface area (Å²) in [5, 5.41) is 3.34. The van der Waals surface area contributed by atoms with E-state index in [0.717, 1.165) is 12.1 Å². The predicted molar refractivity (Wildman–Crippen MR) is 64.6 cm³/mol. The first-order valence-electron chi connectivity index (χ1n) is 6.24. The third-order valence-corrected chi connectivity index (χ3v) is 3.68. The van der Waals surface area contributed by atoms with Crippen LogP contribution in [0.5, 0.6) is 0 Å². The van der Waals surface area contributed by atoms with E-state index in [0.29, 0.717) is 12.0 Å². The topological polar surface area (TPSA) is 12.0 Å². The number of nitrogens with one attached hydrogen (secondary N) is 1. The van der Waals surface area contributed by atoms with Gasteiger partial charge in [0.1, 0.15) is 0 Å². The van der Waals surface area contributed by atoms with Crippen LogP contribution in [0.3, 0.4) is 0 Å². The van der Waals surface area contributed by atoms with E-state index in [4.69, 9.17) is 0 Å². The van der Waals surface area contributed by atoms with Gasteiger partial charge in [-0.2, -0.15) is 0 Å². The van der Waals surface area contributed by atoms with Crippen molar-refractivity contribution in [3.05, 3.63) is 35.4 Å². The Bertz CT molecular complexity index is 384. The van der Waals surface area contributed by atoms with Gasteiger partial charge in [0.25, 0.3) is 0 Å². The van der Waals surface area contributed by atoms with Crippen LogP contribution in [0.25, 0.3) is 0 Å². The lowest BCUT2D eigenvalue weighted by molar-refractivity contribution is 0.314. The second kappa shape index (κ2) is 5.13. The van der Waals surface area contributed by atoms with Gasteiger partial charge in [-0.15, -0.1) is 0 Å². The summed E-state index contributed by atoms with van der Waals surface area (Å²) in [6.45, 7) is 3.84. The van der Waals surface area contributed by atoms with Gasteiger partial charge in [-0.3, -0.25) is 0 Å². The van der Waals surface area contributed by atoms with Crippen LogP contribution in [0.1, 0.15) is 38.2 Å². The fourth-order valence-electron chi connectivity index (χ4n) is 2.56. The fourth-order valence-corrected chi connectivity index (χ4v) is 2.56. The summed E-state index contributed by atoms with van der Waals surface area (Å²) in [5.74, 6) is -1.55. The molecule has 3 heteroatoms. The van der Waals surface area contributed by atoms with Crippen LogP contribution < -0.4 is 5.32 Å². The standard InChI is InChI=1S/C14H19F2N/c1-14(6-2-3-7-14)10-17-9-11-4-5-12(15)13(16)8-11/h4-5,8,17H,2-3,6-7,9-10H2,1H3. The zero-order valence-corrected chi connectivity index (χ0v) is 10.2. The van der Waals surface area contributed by atoms with Crippen LogP contribution in [-0.4, -0.2) is 6.54 Å². The minimum absolute atomic E-state index is 0.387. The molecule has 0 bridgehead atoms. The molecule has 0 radical (unpaired) electrons. The highest BCUT2D eigenvalue weighted by Crippen LogP contribution is 2.36. The molecule has 1 saturated carbocycles. The van der Waals surface area contributed by atoms with Crippen molar-refractivity contribution >= 4 is 0 Å². The Balaban J connectivity index is 1.83. The smallest absolute Gasteiger partial charge is 0.159 e. The Morgan fingerprint density at radius 2 is 1.88 bits per heavy atom. The van der Waals surface area contributed by atoms with Crippen molar-refractivity contribution in [3.63, 3.8) is 0 Å². The Hall–Kier alpha value is -0.960. The van der Waals surface area contributed by atoms with Crippen molar-refractivity contribution in [2.75, 3.05) is 6.54 Å². The van der Waals surface area contributed by atoms with E-state index in [9.17, 15) is 8.78 Å². The second-order valence-corrected chi connectivity index (χ2v) is 5.37. The lowest BCUT2D eigenvalue weighted by atomic mass is 9.89. The van der Waals surface area contributed by atoms with Crippen LogP contribution in [0.15, 0.2) is 18.2 Å². The molecule has 1 aliphatic carbocycles. The Morgan fingerprint density at radius 1 is 1.18 bits per heavy atom. The molecule has 0 saturated heterocycles. The molecule has 1 aromatic carbocycles. The van der Waals surface area contributed by atoms with Crippen molar-refractivity contribution in [3.8, 4) is 0 Å². The Morgan fingerprint density at radius 3 is 2.53 bits per heavy atom. The zero-order chi connectivity index (χ0) is 12.3. The molecular formula is C14H19F2N. The molecule has 17 heavy (non-hydrogen) atoms. The monoisotopic (exact) mass is 239 g/mol. The van der Waals surface area contributed by atoms with E-state index in [1.54, 1.807) is 6.07 Å². The lowest BCUT2D eigenvalue weighted by Crippen LogP contribution is -2.29. The van der Waals surface area contributed by atoms with E-state index in [2.05, 4.69) is 12.2 Å². The van der Waals surface area contributed by atoms with Crippen molar-refractivity contribution < 1.29 is 8.78 Å². The summed E-state index contributed by atoms with van der Waals surface area (Å²) < 4.78 is 25.7. The predicted octanol–water partition coefficient (Wildman–Crippen LogP) is 3.63. The molecule has 1 N–H and O–H groups in total. The maximum Gasteiger partial charge on any atom is 0.159 e. The number of rotatable bonds is 4. The van der Waals surface area contributed by atoms with Crippen LogP contribution >= 0.6 is 0 Å². The minimum Gasteiger partial charge on any atom is -0.312 e. The summed E-state index contributed by atoms with van der Waals surface area (Å²) in [6.07, 6.45) is 5.14. The van der Waals surface area contributed by atoms with E-state index in [1.165, 1.54) is 37.8 Å². The third-order valence-electron chi connectivity index (χ3n) is 3.68. The van der Waals surface area contributed by atoms with Gasteiger partial charge in [-0.1, -0.05) is 25.8 Å². The van der Waals surface area contributed by atoms with Crippen molar-refractivity contribution in [2.24, 2.45) is 5.41 Å². The molecule has 0 aliphatic heterocycles. The van der Waals surface area contributed by atoms with Gasteiger partial charge in [-0.25, -0.2) is 8.78 Å². The molecule has 0 amide bonds. The van der Waals surface area contributed by atoms with Crippen LogP contribution in [0.4, 0.5) is 8.78 Å². The molecule has 2 rings (SSSR count). The van der Waals surface area contributed by atoms with Crippen molar-refractivity contribution in [2.45, 2.75) is 39.2 Å². The Kier molecular flexibility index (Phi) is 3.77. The summed E-state index contributed by atoms with van der Waals surface area (Å²) in [6, 6.07) is 4.07. The van der Waals surface area contributed by atoms with Gasteiger partial charge in [-0.05, 0) is 36.0 Å². The zero-order valence-electron chi connectivity index (χ0n) is 10.2. The largest absolute Gasteiger partial charge is 0.312 e. The number of hydrogen-bond acceptors (Lipinski definition) is 1. The first-order valence-corrected chi connectivity index (χ1v) is 6.24. The van der Waals surface area contributed by atoms with Crippen LogP contribution in [0.2, 0.25) is 0 Å². The van der Waals surface area contributed by atoms with Gasteiger partial charge < -0.3 is 5.32 Å². The fraction of sp³-hybridized carbons (Fsp3) is 0.571. The maximum atomic E-state index is 13.0. The molecule has 0 spiro atoms. The van der Waals surface area contributed by atoms with Crippen molar-refractivity contribution in [1.82, 2.24) is 5.32 Å². The van der Waals surface area contributed by atoms with E-state index in [-0.39, 0.29) is 0 Å². The lowest BCUT2D eigenvalue weighted by Gasteiger charge is -2.23. The average Bonchev–Trinajstić information content (AvgIpc) is 2.71. The van der Waals surface area contributed by atoms with Gasteiger partial charge in [0, 0.05) is 13.1 Å². The molecule has 0 aromatic heterocycles. The second-order valence-electron chi connectivity index (χ2n) is 5.37. The van der Waals surface area contributed by atoms with E-state index >= 15 is 0 Å². The van der Waals surface area contributed by atoms with Crippen LogP contribution in [-0.2, 0) is 6.54 Å². The quantitative estimate of drug-likeness (QED) is 0.846. The molecular weight excluding hydrogens is 220 g/mol. The Labute approximate surface area is 101 Å². The minimum atomic E-state index is -0.781. The summed E-state index contributed by atoms with van der Waals surface area (Å²) >= 11 is 0. The molecule has 0 unspecified atom stereocenters. The van der Waals surface area contributed by atoms with Crippen molar-refractivity contribution in [1.29, 1.82) is 0 Å².